The lowest BCUT2D eigenvalue weighted by Gasteiger charge is -2.27. The SMILES string of the molecule is C1CN(CCC2CCSC2)CCN1. The van der Waals surface area contributed by atoms with E-state index in [1.165, 1.54) is 57.1 Å². The minimum absolute atomic E-state index is 1.03. The number of thioether (sulfide) groups is 1. The maximum atomic E-state index is 3.40. The zero-order valence-electron chi connectivity index (χ0n) is 8.30. The van der Waals surface area contributed by atoms with E-state index in [0.29, 0.717) is 0 Å². The van der Waals surface area contributed by atoms with E-state index >= 15 is 0 Å². The first-order valence-corrected chi connectivity index (χ1v) is 6.61. The van der Waals surface area contributed by atoms with Gasteiger partial charge in [0.1, 0.15) is 0 Å². The average Bonchev–Trinajstić information content (AvgIpc) is 2.69. The van der Waals surface area contributed by atoms with E-state index in [4.69, 9.17) is 0 Å². The normalized spacial score (nSPS) is 30.9. The lowest BCUT2D eigenvalue weighted by Crippen LogP contribution is -2.44. The predicted octanol–water partition coefficient (Wildman–Crippen LogP) is 1.03. The van der Waals surface area contributed by atoms with Crippen LogP contribution >= 0.6 is 11.8 Å². The Hall–Kier alpha value is 0.270. The molecule has 76 valence electrons. The average molecular weight is 200 g/mol. The van der Waals surface area contributed by atoms with Crippen LogP contribution in [0.4, 0.5) is 0 Å². The molecule has 2 aliphatic rings. The Morgan fingerprint density at radius 3 is 2.85 bits per heavy atom. The number of hydrogen-bond acceptors (Lipinski definition) is 3. The highest BCUT2D eigenvalue weighted by atomic mass is 32.2. The topological polar surface area (TPSA) is 15.3 Å². The van der Waals surface area contributed by atoms with Crippen molar-refractivity contribution in [1.82, 2.24) is 10.2 Å². The van der Waals surface area contributed by atoms with Crippen LogP contribution in [0.25, 0.3) is 0 Å². The second-order valence-corrected chi connectivity index (χ2v) is 5.26. The molecule has 13 heavy (non-hydrogen) atoms. The van der Waals surface area contributed by atoms with Crippen LogP contribution < -0.4 is 5.32 Å². The summed E-state index contributed by atoms with van der Waals surface area (Å²) in [6.45, 7) is 6.26. The van der Waals surface area contributed by atoms with Crippen LogP contribution in [0.1, 0.15) is 12.8 Å². The lowest BCUT2D eigenvalue weighted by molar-refractivity contribution is 0.227. The molecule has 0 radical (unpaired) electrons. The molecule has 1 unspecified atom stereocenters. The largest absolute Gasteiger partial charge is 0.314 e. The monoisotopic (exact) mass is 200 g/mol. The zero-order valence-corrected chi connectivity index (χ0v) is 9.11. The van der Waals surface area contributed by atoms with E-state index in [1.807, 2.05) is 0 Å². The van der Waals surface area contributed by atoms with Gasteiger partial charge in [-0.1, -0.05) is 0 Å². The van der Waals surface area contributed by atoms with Crippen molar-refractivity contribution in [1.29, 1.82) is 0 Å². The van der Waals surface area contributed by atoms with Crippen LogP contribution in [0.2, 0.25) is 0 Å². The van der Waals surface area contributed by atoms with Crippen LogP contribution in [0.15, 0.2) is 0 Å². The van der Waals surface area contributed by atoms with Gasteiger partial charge < -0.3 is 10.2 Å². The molecular weight excluding hydrogens is 180 g/mol. The Labute approximate surface area is 85.4 Å². The molecule has 0 aromatic carbocycles. The fourth-order valence-corrected chi connectivity index (χ4v) is 3.44. The quantitative estimate of drug-likeness (QED) is 0.733. The van der Waals surface area contributed by atoms with Gasteiger partial charge in [0.05, 0.1) is 0 Å². The molecule has 0 aromatic heterocycles. The van der Waals surface area contributed by atoms with E-state index in [2.05, 4.69) is 22.0 Å². The van der Waals surface area contributed by atoms with E-state index in [0.717, 1.165) is 5.92 Å². The molecule has 3 heteroatoms. The fourth-order valence-electron chi connectivity index (χ4n) is 2.11. The van der Waals surface area contributed by atoms with Crippen molar-refractivity contribution in [3.05, 3.63) is 0 Å². The van der Waals surface area contributed by atoms with Crippen LogP contribution in [-0.4, -0.2) is 49.1 Å². The highest BCUT2D eigenvalue weighted by molar-refractivity contribution is 7.99. The molecule has 2 saturated heterocycles. The van der Waals surface area contributed by atoms with Crippen LogP contribution in [0.5, 0.6) is 0 Å². The Kier molecular flexibility index (Phi) is 3.94. The Morgan fingerprint density at radius 1 is 1.31 bits per heavy atom. The molecule has 0 saturated carbocycles. The van der Waals surface area contributed by atoms with Gasteiger partial charge in [0, 0.05) is 26.2 Å². The van der Waals surface area contributed by atoms with Crippen LogP contribution in [0.3, 0.4) is 0 Å². The summed E-state index contributed by atoms with van der Waals surface area (Å²) in [6, 6.07) is 0. The molecule has 0 aromatic rings. The van der Waals surface area contributed by atoms with E-state index in [-0.39, 0.29) is 0 Å². The second-order valence-electron chi connectivity index (χ2n) is 4.11. The van der Waals surface area contributed by atoms with Gasteiger partial charge in [-0.2, -0.15) is 11.8 Å². The van der Waals surface area contributed by atoms with Crippen molar-refractivity contribution in [3.63, 3.8) is 0 Å². The van der Waals surface area contributed by atoms with Crippen molar-refractivity contribution in [2.24, 2.45) is 5.92 Å². The molecule has 0 spiro atoms. The van der Waals surface area contributed by atoms with Gasteiger partial charge in [-0.15, -0.1) is 0 Å². The summed E-state index contributed by atoms with van der Waals surface area (Å²) >= 11 is 2.14. The molecule has 2 fully saturated rings. The summed E-state index contributed by atoms with van der Waals surface area (Å²) in [6.07, 6.45) is 2.91. The van der Waals surface area contributed by atoms with E-state index < -0.39 is 0 Å². The van der Waals surface area contributed by atoms with Gasteiger partial charge in [-0.05, 0) is 36.8 Å². The first-order valence-electron chi connectivity index (χ1n) is 5.46. The molecule has 2 nitrogen and oxygen atoms in total. The third-order valence-corrected chi connectivity index (χ3v) is 4.32. The zero-order chi connectivity index (χ0) is 8.93. The van der Waals surface area contributed by atoms with E-state index in [9.17, 15) is 0 Å². The van der Waals surface area contributed by atoms with Gasteiger partial charge in [0.15, 0.2) is 0 Å². The van der Waals surface area contributed by atoms with Crippen molar-refractivity contribution >= 4 is 11.8 Å². The molecule has 1 N–H and O–H groups in total. The summed E-state index contributed by atoms with van der Waals surface area (Å²) < 4.78 is 0. The highest BCUT2D eigenvalue weighted by Gasteiger charge is 2.17. The minimum atomic E-state index is 1.03. The van der Waals surface area contributed by atoms with Gasteiger partial charge in [-0.3, -0.25) is 0 Å². The van der Waals surface area contributed by atoms with Gasteiger partial charge in [-0.25, -0.2) is 0 Å². The smallest absolute Gasteiger partial charge is 0.0107 e. The maximum absolute atomic E-state index is 3.40. The molecule has 2 rings (SSSR count). The molecule has 2 aliphatic heterocycles. The first kappa shape index (κ1) is 9.81. The van der Waals surface area contributed by atoms with Gasteiger partial charge in [0.25, 0.3) is 0 Å². The van der Waals surface area contributed by atoms with Crippen molar-refractivity contribution in [2.45, 2.75) is 12.8 Å². The summed E-state index contributed by atoms with van der Waals surface area (Å²) in [5, 5.41) is 3.40. The maximum Gasteiger partial charge on any atom is 0.0107 e. The second kappa shape index (κ2) is 5.23. The molecular formula is C10H20N2S. The molecule has 0 bridgehead atoms. The van der Waals surface area contributed by atoms with Gasteiger partial charge in [0.2, 0.25) is 0 Å². The lowest BCUT2D eigenvalue weighted by atomic mass is 10.1. The number of nitrogens with one attached hydrogen (secondary N) is 1. The number of piperazine rings is 1. The fraction of sp³-hybridized carbons (Fsp3) is 1.00. The first-order chi connectivity index (χ1) is 6.45. The number of hydrogen-bond donors (Lipinski definition) is 1. The van der Waals surface area contributed by atoms with E-state index in [1.54, 1.807) is 0 Å². The standard InChI is InChI=1S/C10H20N2S/c1(10-2-8-13-9-10)5-12-6-3-11-4-7-12/h10-11H,1-9H2. The van der Waals surface area contributed by atoms with Crippen molar-refractivity contribution in [3.8, 4) is 0 Å². The summed E-state index contributed by atoms with van der Waals surface area (Å²) in [5.41, 5.74) is 0. The predicted molar refractivity (Wildman–Crippen MR) is 59.4 cm³/mol. The molecule has 1 atom stereocenters. The number of nitrogens with zero attached hydrogens (tertiary/aromatic N) is 1. The number of rotatable bonds is 3. The summed E-state index contributed by atoms with van der Waals surface area (Å²) in [4.78, 5) is 2.61. The Morgan fingerprint density at radius 2 is 2.15 bits per heavy atom. The highest BCUT2D eigenvalue weighted by Crippen LogP contribution is 2.26. The molecule has 0 aliphatic carbocycles. The van der Waals surface area contributed by atoms with Crippen LogP contribution in [-0.2, 0) is 0 Å². The van der Waals surface area contributed by atoms with Crippen molar-refractivity contribution < 1.29 is 0 Å². The van der Waals surface area contributed by atoms with Crippen molar-refractivity contribution in [2.75, 3.05) is 44.2 Å². The molecule has 2 heterocycles. The summed E-state index contributed by atoms with van der Waals surface area (Å²) in [7, 11) is 0. The Balaban J connectivity index is 1.60. The third-order valence-electron chi connectivity index (χ3n) is 3.09. The third kappa shape index (κ3) is 3.15. The summed E-state index contributed by atoms with van der Waals surface area (Å²) in [5.74, 6) is 3.86. The van der Waals surface area contributed by atoms with Crippen LogP contribution in [0, 0.1) is 5.92 Å². The Bertz CT molecular complexity index is 140. The minimum Gasteiger partial charge on any atom is -0.314 e. The molecule has 0 amide bonds. The van der Waals surface area contributed by atoms with Gasteiger partial charge >= 0.3 is 0 Å².